The molecule has 0 radical (unpaired) electrons. The van der Waals surface area contributed by atoms with E-state index in [2.05, 4.69) is 22.5 Å². The van der Waals surface area contributed by atoms with Crippen molar-refractivity contribution >= 4 is 17.0 Å². The van der Waals surface area contributed by atoms with E-state index in [9.17, 15) is 0 Å². The molecule has 0 bridgehead atoms. The normalized spacial score (nSPS) is 18.2. The van der Waals surface area contributed by atoms with Crippen molar-refractivity contribution in [2.75, 3.05) is 5.73 Å². The summed E-state index contributed by atoms with van der Waals surface area (Å²) in [6.45, 7) is 3.31. The van der Waals surface area contributed by atoms with Crippen molar-refractivity contribution in [3.8, 4) is 0 Å². The quantitative estimate of drug-likeness (QED) is 0.810. The zero-order valence-electron chi connectivity index (χ0n) is 8.90. The number of imidazole rings is 1. The highest BCUT2D eigenvalue weighted by molar-refractivity contribution is 5.78. The summed E-state index contributed by atoms with van der Waals surface area (Å²) in [4.78, 5) is 4.37. The minimum Gasteiger partial charge on any atom is -0.369 e. The van der Waals surface area contributed by atoms with E-state index in [1.54, 1.807) is 0 Å². The van der Waals surface area contributed by atoms with Gasteiger partial charge in [-0.15, -0.1) is 0 Å². The summed E-state index contributed by atoms with van der Waals surface area (Å²) in [5.74, 6) is 0.643. The Bertz CT molecular complexity index is 509. The van der Waals surface area contributed by atoms with Crippen molar-refractivity contribution in [1.82, 2.24) is 9.55 Å². The average molecular weight is 201 g/mol. The van der Waals surface area contributed by atoms with Gasteiger partial charge in [-0.1, -0.05) is 19.1 Å². The van der Waals surface area contributed by atoms with Crippen LogP contribution in [0.5, 0.6) is 0 Å². The van der Waals surface area contributed by atoms with Crippen molar-refractivity contribution in [3.05, 3.63) is 24.3 Å². The number of para-hydroxylation sites is 2. The van der Waals surface area contributed by atoms with Crippen LogP contribution >= 0.6 is 0 Å². The Balaban J connectivity index is 2.11. The highest BCUT2D eigenvalue weighted by Crippen LogP contribution is 2.47. The number of fused-ring (bicyclic) bond motifs is 1. The van der Waals surface area contributed by atoms with Crippen LogP contribution in [0.3, 0.4) is 0 Å². The van der Waals surface area contributed by atoms with Gasteiger partial charge in [-0.25, -0.2) is 4.98 Å². The van der Waals surface area contributed by atoms with Gasteiger partial charge in [0.15, 0.2) is 0 Å². The molecule has 2 N–H and O–H groups in total. The maximum Gasteiger partial charge on any atom is 0.201 e. The van der Waals surface area contributed by atoms with Gasteiger partial charge in [-0.05, 0) is 30.4 Å². The summed E-state index contributed by atoms with van der Waals surface area (Å²) in [5.41, 5.74) is 8.55. The highest BCUT2D eigenvalue weighted by Gasteiger charge is 2.38. The van der Waals surface area contributed by atoms with Crippen molar-refractivity contribution < 1.29 is 0 Å². The minimum absolute atomic E-state index is 0.456. The molecule has 1 heterocycles. The molecule has 0 atom stereocenters. The lowest BCUT2D eigenvalue weighted by Crippen LogP contribution is -2.10. The zero-order chi connectivity index (χ0) is 10.5. The maximum atomic E-state index is 5.94. The molecule has 0 amide bonds. The fourth-order valence-corrected chi connectivity index (χ4v) is 2.01. The molecule has 78 valence electrons. The summed E-state index contributed by atoms with van der Waals surface area (Å²) in [6.07, 6.45) is 2.61. The minimum atomic E-state index is 0.456. The Labute approximate surface area is 88.9 Å². The fourth-order valence-electron chi connectivity index (χ4n) is 2.01. The Kier molecular flexibility index (Phi) is 1.61. The smallest absolute Gasteiger partial charge is 0.201 e. The van der Waals surface area contributed by atoms with Crippen LogP contribution in [0.25, 0.3) is 11.0 Å². The number of aromatic nitrogens is 2. The monoisotopic (exact) mass is 201 g/mol. The Morgan fingerprint density at radius 3 is 2.87 bits per heavy atom. The molecular weight excluding hydrogens is 186 g/mol. The lowest BCUT2D eigenvalue weighted by Gasteiger charge is -2.11. The second-order valence-electron chi connectivity index (χ2n) is 4.86. The molecule has 0 spiro atoms. The van der Waals surface area contributed by atoms with Gasteiger partial charge in [-0.3, -0.25) is 0 Å². The van der Waals surface area contributed by atoms with Gasteiger partial charge in [0, 0.05) is 6.54 Å². The van der Waals surface area contributed by atoms with Gasteiger partial charge in [0.1, 0.15) is 0 Å². The number of benzene rings is 1. The Morgan fingerprint density at radius 1 is 1.40 bits per heavy atom. The van der Waals surface area contributed by atoms with Crippen LogP contribution in [-0.4, -0.2) is 9.55 Å². The maximum absolute atomic E-state index is 5.94. The summed E-state index contributed by atoms with van der Waals surface area (Å²) in [7, 11) is 0. The molecule has 15 heavy (non-hydrogen) atoms. The molecule has 1 fully saturated rings. The third kappa shape index (κ3) is 1.39. The van der Waals surface area contributed by atoms with E-state index in [0.29, 0.717) is 11.4 Å². The van der Waals surface area contributed by atoms with E-state index in [1.165, 1.54) is 12.8 Å². The van der Waals surface area contributed by atoms with E-state index in [1.807, 2.05) is 18.2 Å². The van der Waals surface area contributed by atoms with Crippen LogP contribution in [0.2, 0.25) is 0 Å². The topological polar surface area (TPSA) is 43.8 Å². The first-order chi connectivity index (χ1) is 7.18. The molecule has 2 aromatic rings. The molecular formula is C12H15N3. The third-order valence-electron chi connectivity index (χ3n) is 3.33. The first kappa shape index (κ1) is 8.77. The molecule has 3 heteroatoms. The first-order valence-corrected chi connectivity index (χ1v) is 5.39. The summed E-state index contributed by atoms with van der Waals surface area (Å²) < 4.78 is 2.14. The van der Waals surface area contributed by atoms with Gasteiger partial charge in [0.25, 0.3) is 0 Å². The van der Waals surface area contributed by atoms with E-state index < -0.39 is 0 Å². The molecule has 3 rings (SSSR count). The molecule has 3 nitrogen and oxygen atoms in total. The van der Waals surface area contributed by atoms with Gasteiger partial charge in [0.05, 0.1) is 11.0 Å². The molecule has 1 aromatic heterocycles. The lowest BCUT2D eigenvalue weighted by atomic mass is 10.1. The van der Waals surface area contributed by atoms with E-state index in [4.69, 9.17) is 5.73 Å². The van der Waals surface area contributed by atoms with Crippen LogP contribution in [0.4, 0.5) is 5.95 Å². The fraction of sp³-hybridized carbons (Fsp3) is 0.417. The number of hydrogen-bond acceptors (Lipinski definition) is 2. The largest absolute Gasteiger partial charge is 0.369 e. The zero-order valence-corrected chi connectivity index (χ0v) is 8.90. The van der Waals surface area contributed by atoms with Crippen LogP contribution in [0, 0.1) is 5.41 Å². The summed E-state index contributed by atoms with van der Waals surface area (Å²) in [6, 6.07) is 8.13. The Morgan fingerprint density at radius 2 is 2.13 bits per heavy atom. The number of anilines is 1. The van der Waals surface area contributed by atoms with Crippen LogP contribution in [-0.2, 0) is 6.54 Å². The number of nitrogens with zero attached hydrogens (tertiary/aromatic N) is 2. The Hall–Kier alpha value is -1.51. The number of nitrogens with two attached hydrogens (primary N) is 1. The predicted octanol–water partition coefficient (Wildman–Crippen LogP) is 2.42. The molecule has 0 unspecified atom stereocenters. The standard InChI is InChI=1S/C12H15N3/c1-12(6-7-12)8-15-10-5-3-2-4-9(10)14-11(15)13/h2-5H,6-8H2,1H3,(H2,13,14). The van der Waals surface area contributed by atoms with E-state index >= 15 is 0 Å². The number of nitrogen functional groups attached to an aromatic ring is 1. The lowest BCUT2D eigenvalue weighted by molar-refractivity contribution is 0.476. The first-order valence-electron chi connectivity index (χ1n) is 5.39. The van der Waals surface area contributed by atoms with Gasteiger partial charge in [0.2, 0.25) is 5.95 Å². The van der Waals surface area contributed by atoms with Gasteiger partial charge in [-0.2, -0.15) is 0 Å². The molecule has 0 aliphatic heterocycles. The summed E-state index contributed by atoms with van der Waals surface area (Å²) >= 11 is 0. The molecule has 1 aliphatic carbocycles. The van der Waals surface area contributed by atoms with Crippen molar-refractivity contribution in [2.45, 2.75) is 26.3 Å². The highest BCUT2D eigenvalue weighted by atomic mass is 15.2. The second-order valence-corrected chi connectivity index (χ2v) is 4.86. The molecule has 1 aliphatic rings. The molecule has 0 saturated heterocycles. The van der Waals surface area contributed by atoms with Crippen molar-refractivity contribution in [2.24, 2.45) is 5.41 Å². The number of hydrogen-bond donors (Lipinski definition) is 1. The molecule has 1 saturated carbocycles. The number of rotatable bonds is 2. The summed E-state index contributed by atoms with van der Waals surface area (Å²) in [5, 5.41) is 0. The predicted molar refractivity (Wildman–Crippen MR) is 61.5 cm³/mol. The molecule has 1 aromatic carbocycles. The average Bonchev–Trinajstić information content (AvgIpc) is 2.86. The van der Waals surface area contributed by atoms with Crippen LogP contribution < -0.4 is 5.73 Å². The van der Waals surface area contributed by atoms with Gasteiger partial charge >= 0.3 is 0 Å². The van der Waals surface area contributed by atoms with E-state index in [0.717, 1.165) is 17.6 Å². The van der Waals surface area contributed by atoms with Crippen molar-refractivity contribution in [1.29, 1.82) is 0 Å². The van der Waals surface area contributed by atoms with Crippen molar-refractivity contribution in [3.63, 3.8) is 0 Å². The van der Waals surface area contributed by atoms with E-state index in [-0.39, 0.29) is 0 Å². The van der Waals surface area contributed by atoms with Gasteiger partial charge < -0.3 is 10.3 Å². The SMILES string of the molecule is CC1(Cn2c(N)nc3ccccc32)CC1. The van der Waals surface area contributed by atoms with Crippen LogP contribution in [0.1, 0.15) is 19.8 Å². The third-order valence-corrected chi connectivity index (χ3v) is 3.33. The second kappa shape index (κ2) is 2.75. The van der Waals surface area contributed by atoms with Crippen LogP contribution in [0.15, 0.2) is 24.3 Å².